The number of nitrogens with one attached hydrogen (secondary N) is 2. The maximum absolute atomic E-state index is 12.4. The molecule has 3 rings (SSSR count). The van der Waals surface area contributed by atoms with Gasteiger partial charge in [0.15, 0.2) is 0 Å². The number of pyridine rings is 1. The fourth-order valence-corrected chi connectivity index (χ4v) is 2.44. The van der Waals surface area contributed by atoms with Gasteiger partial charge in [-0.25, -0.2) is 4.98 Å². The zero-order valence-electron chi connectivity index (χ0n) is 14.8. The van der Waals surface area contributed by atoms with Crippen LogP contribution in [0, 0.1) is 11.3 Å². The van der Waals surface area contributed by atoms with E-state index in [1.54, 1.807) is 36.4 Å². The van der Waals surface area contributed by atoms with Crippen LogP contribution >= 0.6 is 0 Å². The third-order valence-electron chi connectivity index (χ3n) is 3.76. The lowest BCUT2D eigenvalue weighted by atomic mass is 10.2. The van der Waals surface area contributed by atoms with Crippen LogP contribution in [-0.2, 0) is 0 Å². The molecule has 0 unspecified atom stereocenters. The Labute approximate surface area is 157 Å². The zero-order chi connectivity index (χ0) is 19.1. The van der Waals surface area contributed by atoms with Crippen LogP contribution in [0.3, 0.4) is 0 Å². The predicted molar refractivity (Wildman–Crippen MR) is 104 cm³/mol. The average molecular weight is 358 g/mol. The first-order valence-electron chi connectivity index (χ1n) is 8.46. The van der Waals surface area contributed by atoms with Gasteiger partial charge >= 0.3 is 0 Å². The van der Waals surface area contributed by atoms with Crippen LogP contribution in [0.2, 0.25) is 0 Å². The van der Waals surface area contributed by atoms with Crippen molar-refractivity contribution in [3.63, 3.8) is 0 Å². The van der Waals surface area contributed by atoms with E-state index in [4.69, 9.17) is 10.00 Å². The number of para-hydroxylation sites is 1. The van der Waals surface area contributed by atoms with Crippen LogP contribution in [0.5, 0.6) is 5.75 Å². The smallest absolute Gasteiger partial charge is 0.257 e. The summed E-state index contributed by atoms with van der Waals surface area (Å²) >= 11 is 0. The number of nitrogens with zero attached hydrogens (tertiary/aromatic N) is 2. The number of hydrogen-bond acceptors (Lipinski definition) is 5. The van der Waals surface area contributed by atoms with Crippen molar-refractivity contribution in [1.82, 2.24) is 4.98 Å². The SMILES string of the molecule is CCOc1ccc(Nc2ccc(C(=O)Nc3ccccc3C#N)cn2)cc1. The second kappa shape index (κ2) is 8.50. The van der Waals surface area contributed by atoms with Gasteiger partial charge in [0.05, 0.1) is 23.4 Å². The highest BCUT2D eigenvalue weighted by Crippen LogP contribution is 2.20. The quantitative estimate of drug-likeness (QED) is 0.684. The molecular weight excluding hydrogens is 340 g/mol. The lowest BCUT2D eigenvalue weighted by Gasteiger charge is -2.09. The molecule has 0 spiro atoms. The monoisotopic (exact) mass is 358 g/mol. The van der Waals surface area contributed by atoms with Crippen molar-refractivity contribution in [3.05, 3.63) is 78.0 Å². The molecule has 27 heavy (non-hydrogen) atoms. The Morgan fingerprint density at radius 3 is 2.56 bits per heavy atom. The lowest BCUT2D eigenvalue weighted by molar-refractivity contribution is 0.102. The maximum Gasteiger partial charge on any atom is 0.257 e. The molecule has 1 aromatic heterocycles. The Kier molecular flexibility index (Phi) is 5.65. The standard InChI is InChI=1S/C21H18N4O2/c1-2-27-18-10-8-17(9-11-18)24-20-12-7-16(14-23-20)21(26)25-19-6-4-3-5-15(19)13-22/h3-12,14H,2H2,1H3,(H,23,24)(H,25,26). The molecule has 0 aliphatic rings. The van der Waals surface area contributed by atoms with E-state index in [9.17, 15) is 4.79 Å². The summed E-state index contributed by atoms with van der Waals surface area (Å²) in [5.41, 5.74) is 2.15. The molecular formula is C21H18N4O2. The largest absolute Gasteiger partial charge is 0.494 e. The summed E-state index contributed by atoms with van der Waals surface area (Å²) in [5, 5.41) is 15.0. The highest BCUT2D eigenvalue weighted by molar-refractivity contribution is 6.04. The van der Waals surface area contributed by atoms with Gasteiger partial charge in [0, 0.05) is 11.9 Å². The van der Waals surface area contributed by atoms with Gasteiger partial charge in [0.1, 0.15) is 17.6 Å². The summed E-state index contributed by atoms with van der Waals surface area (Å²) in [7, 11) is 0. The van der Waals surface area contributed by atoms with Crippen molar-refractivity contribution < 1.29 is 9.53 Å². The normalized spacial score (nSPS) is 9.93. The molecule has 1 heterocycles. The minimum atomic E-state index is -0.321. The van der Waals surface area contributed by atoms with Crippen LogP contribution in [0.1, 0.15) is 22.8 Å². The van der Waals surface area contributed by atoms with Gasteiger partial charge in [0.25, 0.3) is 5.91 Å². The molecule has 2 N–H and O–H groups in total. The predicted octanol–water partition coefficient (Wildman–Crippen LogP) is 4.35. The van der Waals surface area contributed by atoms with Gasteiger partial charge in [-0.15, -0.1) is 0 Å². The van der Waals surface area contributed by atoms with Crippen LogP contribution in [-0.4, -0.2) is 17.5 Å². The van der Waals surface area contributed by atoms with Crippen LogP contribution < -0.4 is 15.4 Å². The fraction of sp³-hybridized carbons (Fsp3) is 0.0952. The first-order valence-corrected chi connectivity index (χ1v) is 8.46. The number of carbonyl (C=O) groups is 1. The number of nitriles is 1. The summed E-state index contributed by atoms with van der Waals surface area (Å²) in [4.78, 5) is 16.6. The van der Waals surface area contributed by atoms with E-state index in [1.165, 1.54) is 6.20 Å². The second-order valence-electron chi connectivity index (χ2n) is 5.63. The number of aromatic nitrogens is 1. The van der Waals surface area contributed by atoms with Crippen molar-refractivity contribution in [3.8, 4) is 11.8 Å². The molecule has 2 aromatic carbocycles. The third-order valence-corrected chi connectivity index (χ3v) is 3.76. The summed E-state index contributed by atoms with van der Waals surface area (Å²) in [6.45, 7) is 2.56. The molecule has 3 aromatic rings. The molecule has 1 amide bonds. The van der Waals surface area contributed by atoms with Gasteiger partial charge in [-0.05, 0) is 55.5 Å². The van der Waals surface area contributed by atoms with Crippen molar-refractivity contribution in [2.24, 2.45) is 0 Å². The number of anilines is 3. The summed E-state index contributed by atoms with van der Waals surface area (Å²) < 4.78 is 5.41. The fourth-order valence-electron chi connectivity index (χ4n) is 2.44. The van der Waals surface area contributed by atoms with E-state index in [2.05, 4.69) is 21.7 Å². The second-order valence-corrected chi connectivity index (χ2v) is 5.63. The average Bonchev–Trinajstić information content (AvgIpc) is 2.70. The Morgan fingerprint density at radius 1 is 1.11 bits per heavy atom. The number of carbonyl (C=O) groups excluding carboxylic acids is 1. The van der Waals surface area contributed by atoms with E-state index >= 15 is 0 Å². The lowest BCUT2D eigenvalue weighted by Crippen LogP contribution is -2.13. The number of amides is 1. The first kappa shape index (κ1) is 18.0. The number of rotatable bonds is 6. The molecule has 0 aliphatic carbocycles. The Bertz CT molecular complexity index is 961. The molecule has 0 bridgehead atoms. The number of ether oxygens (including phenoxy) is 1. The van der Waals surface area contributed by atoms with E-state index in [0.717, 1.165) is 11.4 Å². The van der Waals surface area contributed by atoms with E-state index < -0.39 is 0 Å². The molecule has 0 atom stereocenters. The van der Waals surface area contributed by atoms with Crippen molar-refractivity contribution in [2.45, 2.75) is 6.92 Å². The molecule has 0 radical (unpaired) electrons. The first-order chi connectivity index (χ1) is 13.2. The van der Waals surface area contributed by atoms with Gasteiger partial charge in [-0.2, -0.15) is 5.26 Å². The number of benzene rings is 2. The maximum atomic E-state index is 12.4. The van der Waals surface area contributed by atoms with E-state index in [0.29, 0.717) is 29.2 Å². The third kappa shape index (κ3) is 4.61. The highest BCUT2D eigenvalue weighted by Gasteiger charge is 2.09. The Balaban J connectivity index is 1.66. The number of hydrogen-bond donors (Lipinski definition) is 2. The van der Waals surface area contributed by atoms with Gasteiger partial charge in [-0.3, -0.25) is 4.79 Å². The molecule has 6 heteroatoms. The summed E-state index contributed by atoms with van der Waals surface area (Å²) in [6.07, 6.45) is 1.49. The van der Waals surface area contributed by atoms with Crippen molar-refractivity contribution in [2.75, 3.05) is 17.2 Å². The minimum Gasteiger partial charge on any atom is -0.494 e. The molecule has 6 nitrogen and oxygen atoms in total. The van der Waals surface area contributed by atoms with Crippen molar-refractivity contribution >= 4 is 23.1 Å². The molecule has 134 valence electrons. The van der Waals surface area contributed by atoms with Crippen molar-refractivity contribution in [1.29, 1.82) is 5.26 Å². The molecule has 0 saturated carbocycles. The van der Waals surface area contributed by atoms with E-state index in [-0.39, 0.29) is 5.91 Å². The Hall–Kier alpha value is -3.85. The topological polar surface area (TPSA) is 87.0 Å². The summed E-state index contributed by atoms with van der Waals surface area (Å²) in [5.74, 6) is 1.10. The Morgan fingerprint density at radius 2 is 1.89 bits per heavy atom. The van der Waals surface area contributed by atoms with Crippen LogP contribution in [0.4, 0.5) is 17.2 Å². The van der Waals surface area contributed by atoms with Gasteiger partial charge in [0.2, 0.25) is 0 Å². The van der Waals surface area contributed by atoms with Gasteiger partial charge in [-0.1, -0.05) is 12.1 Å². The molecule has 0 aliphatic heterocycles. The van der Waals surface area contributed by atoms with Gasteiger partial charge < -0.3 is 15.4 Å². The zero-order valence-corrected chi connectivity index (χ0v) is 14.8. The van der Waals surface area contributed by atoms with Crippen LogP contribution in [0.25, 0.3) is 0 Å². The molecule has 0 fully saturated rings. The minimum absolute atomic E-state index is 0.321. The summed E-state index contributed by atoms with van der Waals surface area (Å²) in [6, 6.07) is 19.8. The van der Waals surface area contributed by atoms with Crippen LogP contribution in [0.15, 0.2) is 66.9 Å². The highest BCUT2D eigenvalue weighted by atomic mass is 16.5. The molecule has 0 saturated heterocycles. The van der Waals surface area contributed by atoms with E-state index in [1.807, 2.05) is 31.2 Å².